The highest BCUT2D eigenvalue weighted by atomic mass is 16.2. The Morgan fingerprint density at radius 2 is 1.58 bits per heavy atom. The van der Waals surface area contributed by atoms with Crippen LogP contribution in [-0.2, 0) is 16.1 Å². The summed E-state index contributed by atoms with van der Waals surface area (Å²) in [6, 6.07) is 7.83. The van der Waals surface area contributed by atoms with Crippen molar-refractivity contribution in [1.29, 1.82) is 0 Å². The summed E-state index contributed by atoms with van der Waals surface area (Å²) in [7, 11) is 0. The largest absolute Gasteiger partial charge is 0.335 e. The summed E-state index contributed by atoms with van der Waals surface area (Å²) in [5.41, 5.74) is 1.60. The zero-order chi connectivity index (χ0) is 18.1. The molecule has 0 aromatic heterocycles. The van der Waals surface area contributed by atoms with Crippen LogP contribution in [0.2, 0.25) is 0 Å². The number of carbonyl (C=O) groups is 3. The van der Waals surface area contributed by atoms with Gasteiger partial charge in [0.1, 0.15) is 0 Å². The second-order valence-corrected chi connectivity index (χ2v) is 7.82. The third-order valence-corrected chi connectivity index (χ3v) is 6.20. The fraction of sp³-hybridized carbons (Fsp3) is 0.571. The minimum absolute atomic E-state index is 0.105. The first-order valence-corrected chi connectivity index (χ1v) is 9.86. The fourth-order valence-electron chi connectivity index (χ4n) is 4.78. The van der Waals surface area contributed by atoms with Crippen LogP contribution in [0.5, 0.6) is 0 Å². The molecular weight excluding hydrogens is 328 g/mol. The number of hydrogen-bond acceptors (Lipinski definition) is 3. The molecule has 3 amide bonds. The third-order valence-electron chi connectivity index (χ3n) is 6.20. The molecule has 1 aliphatic carbocycles. The van der Waals surface area contributed by atoms with Crippen molar-refractivity contribution in [3.05, 3.63) is 35.4 Å². The standard InChI is InChI=1S/C21H26N2O3/c24-19-11-12-20(25)23(19)14-15-7-9-17(10-8-15)21(26)22-13-3-5-16-4-1-2-6-18(16)22/h7-10,16,18H,1-6,11-14H2/t16-,18-/m0/s1. The Labute approximate surface area is 154 Å². The first-order chi connectivity index (χ1) is 12.6. The van der Waals surface area contributed by atoms with Crippen LogP contribution >= 0.6 is 0 Å². The maximum atomic E-state index is 13.0. The van der Waals surface area contributed by atoms with Gasteiger partial charge >= 0.3 is 0 Å². The molecule has 2 atom stereocenters. The molecule has 0 N–H and O–H groups in total. The topological polar surface area (TPSA) is 57.7 Å². The monoisotopic (exact) mass is 354 g/mol. The van der Waals surface area contributed by atoms with Gasteiger partial charge in [0.2, 0.25) is 11.8 Å². The zero-order valence-electron chi connectivity index (χ0n) is 15.2. The van der Waals surface area contributed by atoms with E-state index in [4.69, 9.17) is 0 Å². The number of amides is 3. The highest BCUT2D eigenvalue weighted by Gasteiger charge is 2.36. The Morgan fingerprint density at radius 1 is 0.923 bits per heavy atom. The summed E-state index contributed by atoms with van der Waals surface area (Å²) in [6.45, 7) is 1.17. The molecule has 1 aromatic carbocycles. The van der Waals surface area contributed by atoms with Crippen LogP contribution < -0.4 is 0 Å². The number of likely N-dealkylation sites (tertiary alicyclic amines) is 2. The van der Waals surface area contributed by atoms with Crippen molar-refractivity contribution in [3.63, 3.8) is 0 Å². The summed E-state index contributed by atoms with van der Waals surface area (Å²) in [4.78, 5) is 39.9. The van der Waals surface area contributed by atoms with Gasteiger partial charge in [-0.3, -0.25) is 19.3 Å². The van der Waals surface area contributed by atoms with E-state index in [1.807, 2.05) is 24.3 Å². The van der Waals surface area contributed by atoms with Gasteiger partial charge in [0.05, 0.1) is 6.54 Å². The molecule has 5 heteroatoms. The highest BCUT2D eigenvalue weighted by Crippen LogP contribution is 2.36. The summed E-state index contributed by atoms with van der Waals surface area (Å²) >= 11 is 0. The van der Waals surface area contributed by atoms with Crippen molar-refractivity contribution >= 4 is 17.7 Å². The number of rotatable bonds is 3. The van der Waals surface area contributed by atoms with Gasteiger partial charge in [-0.05, 0) is 49.3 Å². The van der Waals surface area contributed by atoms with Gasteiger partial charge in [0.15, 0.2) is 0 Å². The van der Waals surface area contributed by atoms with Gasteiger partial charge in [-0.15, -0.1) is 0 Å². The SMILES string of the molecule is O=C1CCC(=O)N1Cc1ccc(C(=O)N2CCC[C@@H]3CCCC[C@@H]32)cc1. The molecule has 2 heterocycles. The molecule has 0 spiro atoms. The molecule has 2 aliphatic heterocycles. The molecule has 5 nitrogen and oxygen atoms in total. The molecule has 3 fully saturated rings. The predicted molar refractivity (Wildman–Crippen MR) is 97.2 cm³/mol. The summed E-state index contributed by atoms with van der Waals surface area (Å²) in [6.07, 6.45) is 7.89. The second kappa shape index (κ2) is 7.22. The van der Waals surface area contributed by atoms with Gasteiger partial charge in [-0.2, -0.15) is 0 Å². The number of piperidine rings is 1. The molecule has 0 unspecified atom stereocenters. The quantitative estimate of drug-likeness (QED) is 0.784. The summed E-state index contributed by atoms with van der Waals surface area (Å²) in [5.74, 6) is 0.591. The highest BCUT2D eigenvalue weighted by molar-refractivity contribution is 6.01. The van der Waals surface area contributed by atoms with Crippen LogP contribution in [0, 0.1) is 5.92 Å². The number of carbonyl (C=O) groups excluding carboxylic acids is 3. The van der Waals surface area contributed by atoms with Crippen molar-refractivity contribution in [2.45, 2.75) is 64.0 Å². The Balaban J connectivity index is 1.45. The lowest BCUT2D eigenvalue weighted by Gasteiger charge is -2.44. The van der Waals surface area contributed by atoms with E-state index in [9.17, 15) is 14.4 Å². The van der Waals surface area contributed by atoms with E-state index in [1.165, 1.54) is 30.6 Å². The number of benzene rings is 1. The van der Waals surface area contributed by atoms with E-state index in [0.717, 1.165) is 24.9 Å². The van der Waals surface area contributed by atoms with Gasteiger partial charge in [0, 0.05) is 31.0 Å². The third kappa shape index (κ3) is 3.27. The first-order valence-electron chi connectivity index (χ1n) is 9.86. The molecule has 0 radical (unpaired) electrons. The molecule has 3 aliphatic rings. The summed E-state index contributed by atoms with van der Waals surface area (Å²) in [5, 5.41) is 0. The van der Waals surface area contributed by atoms with Crippen LogP contribution in [0.4, 0.5) is 0 Å². The van der Waals surface area contributed by atoms with E-state index in [2.05, 4.69) is 4.90 Å². The first kappa shape index (κ1) is 17.3. The molecule has 0 bridgehead atoms. The fourth-order valence-corrected chi connectivity index (χ4v) is 4.78. The Hall–Kier alpha value is -2.17. The number of nitrogens with zero attached hydrogens (tertiary/aromatic N) is 2. The van der Waals surface area contributed by atoms with Crippen molar-refractivity contribution in [2.24, 2.45) is 5.92 Å². The van der Waals surface area contributed by atoms with E-state index in [-0.39, 0.29) is 17.7 Å². The van der Waals surface area contributed by atoms with Crippen molar-refractivity contribution in [3.8, 4) is 0 Å². The van der Waals surface area contributed by atoms with Gasteiger partial charge in [0.25, 0.3) is 5.91 Å². The van der Waals surface area contributed by atoms with E-state index < -0.39 is 0 Å². The maximum absolute atomic E-state index is 13.0. The Morgan fingerprint density at radius 3 is 2.31 bits per heavy atom. The Bertz CT molecular complexity index is 694. The Kier molecular flexibility index (Phi) is 4.79. The predicted octanol–water partition coefficient (Wildman–Crippen LogP) is 3.13. The summed E-state index contributed by atoms with van der Waals surface area (Å²) < 4.78 is 0. The molecule has 138 valence electrons. The van der Waals surface area contributed by atoms with E-state index in [1.54, 1.807) is 0 Å². The molecule has 1 saturated carbocycles. The lowest BCUT2D eigenvalue weighted by molar-refractivity contribution is -0.139. The van der Waals surface area contributed by atoms with Crippen molar-refractivity contribution in [2.75, 3.05) is 6.54 Å². The minimum Gasteiger partial charge on any atom is -0.335 e. The van der Waals surface area contributed by atoms with Gasteiger partial charge in [-0.1, -0.05) is 25.0 Å². The maximum Gasteiger partial charge on any atom is 0.254 e. The van der Waals surface area contributed by atoms with Crippen molar-refractivity contribution < 1.29 is 14.4 Å². The smallest absolute Gasteiger partial charge is 0.254 e. The van der Waals surface area contributed by atoms with E-state index in [0.29, 0.717) is 36.9 Å². The van der Waals surface area contributed by atoms with Crippen LogP contribution in [-0.4, -0.2) is 40.1 Å². The molecule has 26 heavy (non-hydrogen) atoms. The van der Waals surface area contributed by atoms with Gasteiger partial charge in [-0.25, -0.2) is 0 Å². The van der Waals surface area contributed by atoms with E-state index >= 15 is 0 Å². The normalized spacial score (nSPS) is 26.2. The molecule has 2 saturated heterocycles. The average Bonchev–Trinajstić information content (AvgIpc) is 2.99. The second-order valence-electron chi connectivity index (χ2n) is 7.82. The van der Waals surface area contributed by atoms with Gasteiger partial charge < -0.3 is 4.90 Å². The molecule has 1 aromatic rings. The molecule has 4 rings (SSSR count). The lowest BCUT2D eigenvalue weighted by Crippen LogP contribution is -2.49. The number of hydrogen-bond donors (Lipinski definition) is 0. The molecular formula is C21H26N2O3. The van der Waals surface area contributed by atoms with Crippen LogP contribution in [0.25, 0.3) is 0 Å². The van der Waals surface area contributed by atoms with Crippen molar-refractivity contribution in [1.82, 2.24) is 9.80 Å². The zero-order valence-corrected chi connectivity index (χ0v) is 15.2. The number of imide groups is 1. The minimum atomic E-state index is -0.105. The number of fused-ring (bicyclic) bond motifs is 1. The lowest BCUT2D eigenvalue weighted by atomic mass is 9.78. The van der Waals surface area contributed by atoms with Crippen LogP contribution in [0.15, 0.2) is 24.3 Å². The van der Waals surface area contributed by atoms with Crippen LogP contribution in [0.3, 0.4) is 0 Å². The van der Waals surface area contributed by atoms with Crippen LogP contribution in [0.1, 0.15) is 67.3 Å². The average molecular weight is 354 g/mol.